The number of nitrogens with zero attached hydrogens (tertiary/aromatic N) is 1. The second kappa shape index (κ2) is 3.14. The van der Waals surface area contributed by atoms with Gasteiger partial charge in [0, 0.05) is 11.1 Å². The number of methoxy groups -OCH3 is 1. The molecule has 4 nitrogen and oxygen atoms in total. The van der Waals surface area contributed by atoms with Crippen molar-refractivity contribution < 1.29 is 9.53 Å². The molecule has 2 rings (SSSR count). The minimum atomic E-state index is -0.333. The van der Waals surface area contributed by atoms with Gasteiger partial charge in [0.25, 0.3) is 0 Å². The van der Waals surface area contributed by atoms with Crippen LogP contribution in [0.3, 0.4) is 0 Å². The van der Waals surface area contributed by atoms with Crippen molar-refractivity contribution in [3.05, 3.63) is 29.5 Å². The van der Waals surface area contributed by atoms with Crippen molar-refractivity contribution in [2.45, 2.75) is 6.92 Å². The maximum absolute atomic E-state index is 11.4. The smallest absolute Gasteiger partial charge is 0.338 e. The van der Waals surface area contributed by atoms with E-state index in [4.69, 9.17) is 0 Å². The van der Waals surface area contributed by atoms with E-state index in [1.165, 1.54) is 7.11 Å². The van der Waals surface area contributed by atoms with Gasteiger partial charge in [-0.25, -0.2) is 4.79 Å². The van der Waals surface area contributed by atoms with Crippen molar-refractivity contribution in [3.8, 4) is 0 Å². The molecule has 0 aliphatic carbocycles. The lowest BCUT2D eigenvalue weighted by Crippen LogP contribution is -2.01. The Bertz CT molecular complexity index is 488. The first-order valence-electron chi connectivity index (χ1n) is 4.26. The van der Waals surface area contributed by atoms with Crippen LogP contribution in [0, 0.1) is 6.92 Å². The van der Waals surface area contributed by atoms with Gasteiger partial charge in [-0.2, -0.15) is 5.10 Å². The molecule has 14 heavy (non-hydrogen) atoms. The number of nitrogens with one attached hydrogen (secondary N) is 1. The molecule has 2 aromatic rings. The van der Waals surface area contributed by atoms with Crippen molar-refractivity contribution in [1.29, 1.82) is 0 Å². The Morgan fingerprint density at radius 2 is 2.29 bits per heavy atom. The van der Waals surface area contributed by atoms with Crippen LogP contribution in [-0.2, 0) is 4.74 Å². The van der Waals surface area contributed by atoms with Crippen LogP contribution in [0.1, 0.15) is 16.1 Å². The summed E-state index contributed by atoms with van der Waals surface area (Å²) in [5.41, 5.74) is 2.21. The highest BCUT2D eigenvalue weighted by Crippen LogP contribution is 2.20. The topological polar surface area (TPSA) is 55.0 Å². The Hall–Kier alpha value is -1.84. The van der Waals surface area contributed by atoms with Crippen LogP contribution in [0.15, 0.2) is 18.2 Å². The van der Waals surface area contributed by atoms with Gasteiger partial charge in [-0.1, -0.05) is 6.07 Å². The summed E-state index contributed by atoms with van der Waals surface area (Å²) < 4.78 is 4.69. The molecule has 1 heterocycles. The fourth-order valence-corrected chi connectivity index (χ4v) is 1.51. The number of ether oxygens (including phenoxy) is 1. The minimum Gasteiger partial charge on any atom is -0.465 e. The van der Waals surface area contributed by atoms with Crippen LogP contribution in [-0.4, -0.2) is 23.3 Å². The largest absolute Gasteiger partial charge is 0.465 e. The number of fused-ring (bicyclic) bond motifs is 1. The molecule has 0 spiro atoms. The molecule has 0 aliphatic rings. The molecule has 0 saturated carbocycles. The predicted octanol–water partition coefficient (Wildman–Crippen LogP) is 1.66. The third-order valence-corrected chi connectivity index (χ3v) is 2.17. The van der Waals surface area contributed by atoms with E-state index in [1.807, 2.05) is 13.0 Å². The van der Waals surface area contributed by atoms with Crippen LogP contribution in [0.4, 0.5) is 0 Å². The first-order valence-corrected chi connectivity index (χ1v) is 4.26. The van der Waals surface area contributed by atoms with E-state index in [9.17, 15) is 4.79 Å². The summed E-state index contributed by atoms with van der Waals surface area (Å²) in [5, 5.41) is 7.73. The van der Waals surface area contributed by atoms with E-state index in [0.29, 0.717) is 5.56 Å². The summed E-state index contributed by atoms with van der Waals surface area (Å²) in [6, 6.07) is 5.37. The molecule has 1 aromatic carbocycles. The van der Waals surface area contributed by atoms with Gasteiger partial charge in [-0.05, 0) is 19.1 Å². The zero-order valence-electron chi connectivity index (χ0n) is 8.00. The van der Waals surface area contributed by atoms with Crippen molar-refractivity contribution in [1.82, 2.24) is 10.2 Å². The van der Waals surface area contributed by atoms with Crippen molar-refractivity contribution >= 4 is 16.9 Å². The zero-order valence-corrected chi connectivity index (χ0v) is 8.00. The third-order valence-electron chi connectivity index (χ3n) is 2.17. The quantitative estimate of drug-likeness (QED) is 0.696. The van der Waals surface area contributed by atoms with Crippen molar-refractivity contribution in [2.24, 2.45) is 0 Å². The number of rotatable bonds is 1. The average molecular weight is 190 g/mol. The number of hydrogen-bond donors (Lipinski definition) is 1. The van der Waals surface area contributed by atoms with E-state index in [-0.39, 0.29) is 5.97 Å². The second-order valence-electron chi connectivity index (χ2n) is 3.04. The summed E-state index contributed by atoms with van der Waals surface area (Å²) in [5.74, 6) is -0.333. The van der Waals surface area contributed by atoms with Crippen LogP contribution < -0.4 is 0 Å². The molecular formula is C10H10N2O2. The van der Waals surface area contributed by atoms with Gasteiger partial charge in [0.2, 0.25) is 0 Å². The number of aryl methyl sites for hydroxylation is 1. The molecule has 72 valence electrons. The summed E-state index contributed by atoms with van der Waals surface area (Å²) in [6.07, 6.45) is 0. The molecule has 0 saturated heterocycles. The van der Waals surface area contributed by atoms with Gasteiger partial charge in [-0.3, -0.25) is 5.10 Å². The first-order chi connectivity index (χ1) is 6.74. The lowest BCUT2D eigenvalue weighted by atomic mass is 10.1. The van der Waals surface area contributed by atoms with Crippen LogP contribution in [0.25, 0.3) is 10.9 Å². The standard InChI is InChI=1S/C10H10N2O2/c1-6-9-7(10(13)14-2)4-3-5-8(9)12-11-6/h3-5H,1-2H3,(H,11,12). The fraction of sp³-hybridized carbons (Fsp3) is 0.200. The number of hydrogen-bond acceptors (Lipinski definition) is 3. The predicted molar refractivity (Wildman–Crippen MR) is 52.2 cm³/mol. The Morgan fingerprint density at radius 1 is 1.50 bits per heavy atom. The van der Waals surface area contributed by atoms with E-state index < -0.39 is 0 Å². The Labute approximate surface area is 80.9 Å². The molecule has 0 bridgehead atoms. The number of carbonyl (C=O) groups excluding carboxylic acids is 1. The third kappa shape index (κ3) is 1.16. The summed E-state index contributed by atoms with van der Waals surface area (Å²) in [6.45, 7) is 1.88. The summed E-state index contributed by atoms with van der Waals surface area (Å²) in [7, 11) is 1.37. The highest BCUT2D eigenvalue weighted by atomic mass is 16.5. The molecular weight excluding hydrogens is 180 g/mol. The van der Waals surface area contributed by atoms with Gasteiger partial charge < -0.3 is 4.74 Å². The van der Waals surface area contributed by atoms with E-state index in [0.717, 1.165) is 16.6 Å². The van der Waals surface area contributed by atoms with E-state index in [1.54, 1.807) is 12.1 Å². The first kappa shape index (κ1) is 8.74. The normalized spacial score (nSPS) is 10.4. The van der Waals surface area contributed by atoms with Gasteiger partial charge >= 0.3 is 5.97 Å². The van der Waals surface area contributed by atoms with Crippen molar-refractivity contribution in [3.63, 3.8) is 0 Å². The highest BCUT2D eigenvalue weighted by molar-refractivity contribution is 6.04. The lowest BCUT2D eigenvalue weighted by molar-refractivity contribution is 0.0603. The molecule has 0 radical (unpaired) electrons. The van der Waals surface area contributed by atoms with Crippen LogP contribution in [0.5, 0.6) is 0 Å². The zero-order chi connectivity index (χ0) is 10.1. The number of aromatic nitrogens is 2. The number of carbonyl (C=O) groups is 1. The monoisotopic (exact) mass is 190 g/mol. The van der Waals surface area contributed by atoms with Gasteiger partial charge in [0.1, 0.15) is 0 Å². The number of benzene rings is 1. The van der Waals surface area contributed by atoms with E-state index in [2.05, 4.69) is 14.9 Å². The summed E-state index contributed by atoms with van der Waals surface area (Å²) in [4.78, 5) is 11.4. The molecule has 0 amide bonds. The van der Waals surface area contributed by atoms with Crippen LogP contribution in [0.2, 0.25) is 0 Å². The Morgan fingerprint density at radius 3 is 3.00 bits per heavy atom. The van der Waals surface area contributed by atoms with Gasteiger partial charge in [-0.15, -0.1) is 0 Å². The SMILES string of the molecule is COC(=O)c1cccc2n[nH]c(C)c12. The summed E-state index contributed by atoms with van der Waals surface area (Å²) >= 11 is 0. The molecule has 1 aromatic heterocycles. The maximum atomic E-state index is 11.4. The van der Waals surface area contributed by atoms with Gasteiger partial charge in [0.15, 0.2) is 0 Å². The molecule has 0 aliphatic heterocycles. The minimum absolute atomic E-state index is 0.333. The Balaban J connectivity index is 2.75. The number of aromatic amines is 1. The average Bonchev–Trinajstić information content (AvgIpc) is 2.59. The van der Waals surface area contributed by atoms with Crippen molar-refractivity contribution in [2.75, 3.05) is 7.11 Å². The number of H-pyrrole nitrogens is 1. The van der Waals surface area contributed by atoms with Crippen LogP contribution >= 0.6 is 0 Å². The second-order valence-corrected chi connectivity index (χ2v) is 3.04. The number of esters is 1. The Kier molecular flexibility index (Phi) is 1.96. The highest BCUT2D eigenvalue weighted by Gasteiger charge is 2.13. The van der Waals surface area contributed by atoms with Gasteiger partial charge in [0.05, 0.1) is 18.2 Å². The molecule has 4 heteroatoms. The fourth-order valence-electron chi connectivity index (χ4n) is 1.51. The maximum Gasteiger partial charge on any atom is 0.338 e. The molecule has 0 unspecified atom stereocenters. The molecule has 0 fully saturated rings. The molecule has 1 N–H and O–H groups in total. The van der Waals surface area contributed by atoms with E-state index >= 15 is 0 Å². The lowest BCUT2D eigenvalue weighted by Gasteiger charge is -2.00. The molecule has 0 atom stereocenters.